The summed E-state index contributed by atoms with van der Waals surface area (Å²) in [5.41, 5.74) is 1.18. The first kappa shape index (κ1) is 15.4. The molecule has 0 bridgehead atoms. The van der Waals surface area contributed by atoms with Gasteiger partial charge < -0.3 is 5.32 Å². The van der Waals surface area contributed by atoms with Crippen molar-refractivity contribution in [2.24, 2.45) is 0 Å². The highest BCUT2D eigenvalue weighted by atomic mass is 127. The van der Waals surface area contributed by atoms with E-state index in [2.05, 4.69) is 5.32 Å². The average Bonchev–Trinajstić information content (AvgIpc) is 2.47. The van der Waals surface area contributed by atoms with Gasteiger partial charge in [-0.05, 0) is 41.1 Å². The number of non-ortho nitro benzene ring substituents is 1. The maximum absolute atomic E-state index is 12.2. The van der Waals surface area contributed by atoms with Crippen molar-refractivity contribution < 1.29 is 9.72 Å². The fourth-order valence-corrected chi connectivity index (χ4v) is 2.57. The maximum Gasteiger partial charge on any atom is 0.271 e. The van der Waals surface area contributed by atoms with Crippen LogP contribution in [0.25, 0.3) is 0 Å². The summed E-state index contributed by atoms with van der Waals surface area (Å²) in [7, 11) is 0. The second-order valence-corrected chi connectivity index (χ2v) is 5.81. The predicted molar refractivity (Wildman–Crippen MR) is 88.1 cm³/mol. The Morgan fingerprint density at radius 1 is 1.24 bits per heavy atom. The van der Waals surface area contributed by atoms with Gasteiger partial charge in [0.15, 0.2) is 0 Å². The summed E-state index contributed by atoms with van der Waals surface area (Å²) in [6.07, 6.45) is 0. The van der Waals surface area contributed by atoms with Crippen molar-refractivity contribution >= 4 is 34.2 Å². The van der Waals surface area contributed by atoms with Gasteiger partial charge in [0.05, 0.1) is 11.0 Å². The Kier molecular flexibility index (Phi) is 4.89. The van der Waals surface area contributed by atoms with Gasteiger partial charge in [-0.1, -0.05) is 30.3 Å². The molecule has 0 fully saturated rings. The van der Waals surface area contributed by atoms with E-state index in [-0.39, 0.29) is 23.2 Å². The molecule has 0 aliphatic carbocycles. The molecule has 0 radical (unpaired) electrons. The summed E-state index contributed by atoms with van der Waals surface area (Å²) in [6.45, 7) is 1.87. The first-order valence-corrected chi connectivity index (χ1v) is 7.36. The summed E-state index contributed by atoms with van der Waals surface area (Å²) in [6, 6.07) is 13.7. The molecule has 108 valence electrons. The number of benzene rings is 2. The molecular formula is C15H13IN2O3. The van der Waals surface area contributed by atoms with Crippen molar-refractivity contribution in [2.45, 2.75) is 13.0 Å². The van der Waals surface area contributed by atoms with E-state index in [1.807, 2.05) is 59.8 Å². The molecule has 2 aromatic rings. The number of nitrogens with one attached hydrogen (secondary N) is 1. The zero-order valence-corrected chi connectivity index (χ0v) is 13.4. The molecule has 6 heteroatoms. The van der Waals surface area contributed by atoms with Gasteiger partial charge in [0, 0.05) is 21.3 Å². The quantitative estimate of drug-likeness (QED) is 0.487. The minimum absolute atomic E-state index is 0.0839. The Hall–Kier alpha value is -1.96. The number of halogens is 1. The van der Waals surface area contributed by atoms with E-state index in [1.165, 1.54) is 12.1 Å². The number of nitrogens with zero attached hydrogens (tertiary/aromatic N) is 1. The van der Waals surface area contributed by atoms with Crippen LogP contribution in [0, 0.1) is 13.7 Å². The molecule has 0 saturated heterocycles. The zero-order valence-electron chi connectivity index (χ0n) is 11.2. The van der Waals surface area contributed by atoms with Crippen molar-refractivity contribution in [3.8, 4) is 0 Å². The number of nitro benzene ring substituents is 1. The zero-order chi connectivity index (χ0) is 15.4. The molecule has 5 nitrogen and oxygen atoms in total. The molecule has 1 amide bonds. The van der Waals surface area contributed by atoms with E-state index in [1.54, 1.807) is 6.07 Å². The van der Waals surface area contributed by atoms with Gasteiger partial charge in [-0.2, -0.15) is 0 Å². The molecule has 1 atom stereocenters. The molecule has 0 aliphatic heterocycles. The third-order valence-electron chi connectivity index (χ3n) is 3.00. The topological polar surface area (TPSA) is 72.2 Å². The van der Waals surface area contributed by atoms with Crippen molar-refractivity contribution in [1.29, 1.82) is 0 Å². The van der Waals surface area contributed by atoms with Crippen LogP contribution in [0.5, 0.6) is 0 Å². The molecule has 0 heterocycles. The monoisotopic (exact) mass is 396 g/mol. The third kappa shape index (κ3) is 4.01. The third-order valence-corrected chi connectivity index (χ3v) is 3.63. The SMILES string of the molecule is C[C@@H](NC(=O)c1cc(I)cc([N+](=O)[O-])c1)c1ccccc1. The number of rotatable bonds is 4. The summed E-state index contributed by atoms with van der Waals surface area (Å²) in [5.74, 6) is -0.326. The molecule has 2 aromatic carbocycles. The van der Waals surface area contributed by atoms with E-state index in [0.29, 0.717) is 3.57 Å². The Morgan fingerprint density at radius 3 is 2.52 bits per heavy atom. The predicted octanol–water partition coefficient (Wildman–Crippen LogP) is 3.69. The van der Waals surface area contributed by atoms with Crippen molar-refractivity contribution in [2.75, 3.05) is 0 Å². The molecule has 0 saturated carbocycles. The van der Waals surface area contributed by atoms with E-state index in [9.17, 15) is 14.9 Å². The molecule has 0 unspecified atom stereocenters. The number of hydrogen-bond donors (Lipinski definition) is 1. The Morgan fingerprint density at radius 2 is 1.90 bits per heavy atom. The van der Waals surface area contributed by atoms with Crippen LogP contribution in [0.4, 0.5) is 5.69 Å². The lowest BCUT2D eigenvalue weighted by molar-refractivity contribution is -0.385. The summed E-state index contributed by atoms with van der Waals surface area (Å²) in [5, 5.41) is 13.7. The number of nitro groups is 1. The molecule has 1 N–H and O–H groups in total. The number of carbonyl (C=O) groups is 1. The van der Waals surface area contributed by atoms with Crippen molar-refractivity contribution in [1.82, 2.24) is 5.32 Å². The highest BCUT2D eigenvalue weighted by Crippen LogP contribution is 2.20. The second-order valence-electron chi connectivity index (χ2n) is 4.56. The molecule has 0 aromatic heterocycles. The lowest BCUT2D eigenvalue weighted by Crippen LogP contribution is -2.26. The first-order valence-electron chi connectivity index (χ1n) is 6.28. The average molecular weight is 396 g/mol. The van der Waals surface area contributed by atoms with Gasteiger partial charge >= 0.3 is 0 Å². The Balaban J connectivity index is 2.19. The van der Waals surface area contributed by atoms with E-state index < -0.39 is 4.92 Å². The molecular weight excluding hydrogens is 383 g/mol. The van der Waals surface area contributed by atoms with E-state index in [0.717, 1.165) is 5.56 Å². The van der Waals surface area contributed by atoms with Crippen LogP contribution in [0.1, 0.15) is 28.9 Å². The van der Waals surface area contributed by atoms with E-state index in [4.69, 9.17) is 0 Å². The molecule has 0 spiro atoms. The van der Waals surface area contributed by atoms with Crippen LogP contribution in [0.3, 0.4) is 0 Å². The van der Waals surface area contributed by atoms with Crippen LogP contribution in [0.15, 0.2) is 48.5 Å². The first-order chi connectivity index (χ1) is 9.97. The van der Waals surface area contributed by atoms with Gasteiger partial charge in [0.25, 0.3) is 11.6 Å². The normalized spacial score (nSPS) is 11.7. The minimum Gasteiger partial charge on any atom is -0.346 e. The summed E-state index contributed by atoms with van der Waals surface area (Å²) in [4.78, 5) is 22.6. The highest BCUT2D eigenvalue weighted by Gasteiger charge is 2.16. The van der Waals surface area contributed by atoms with Gasteiger partial charge in [0.2, 0.25) is 0 Å². The van der Waals surface area contributed by atoms with Crippen LogP contribution >= 0.6 is 22.6 Å². The maximum atomic E-state index is 12.2. The molecule has 21 heavy (non-hydrogen) atoms. The summed E-state index contributed by atoms with van der Waals surface area (Å²) < 4.78 is 0.652. The van der Waals surface area contributed by atoms with Crippen molar-refractivity contribution in [3.63, 3.8) is 0 Å². The standard InChI is InChI=1S/C15H13IN2O3/c1-10(11-5-3-2-4-6-11)17-15(19)12-7-13(16)9-14(8-12)18(20)21/h2-10H,1H3,(H,17,19)/t10-/m1/s1. The highest BCUT2D eigenvalue weighted by molar-refractivity contribution is 14.1. The fourth-order valence-electron chi connectivity index (χ4n) is 1.92. The number of amides is 1. The van der Waals surface area contributed by atoms with Gasteiger partial charge in [-0.15, -0.1) is 0 Å². The Labute approximate surface area is 135 Å². The Bertz CT molecular complexity index is 674. The molecule has 0 aliphatic rings. The van der Waals surface area contributed by atoms with Crippen LogP contribution in [-0.4, -0.2) is 10.8 Å². The smallest absolute Gasteiger partial charge is 0.271 e. The lowest BCUT2D eigenvalue weighted by atomic mass is 10.1. The second kappa shape index (κ2) is 6.66. The van der Waals surface area contributed by atoms with E-state index >= 15 is 0 Å². The van der Waals surface area contributed by atoms with Crippen LogP contribution in [0.2, 0.25) is 0 Å². The van der Waals surface area contributed by atoms with Crippen LogP contribution < -0.4 is 5.32 Å². The van der Waals surface area contributed by atoms with Crippen LogP contribution in [-0.2, 0) is 0 Å². The fraction of sp³-hybridized carbons (Fsp3) is 0.133. The van der Waals surface area contributed by atoms with Gasteiger partial charge in [0.1, 0.15) is 0 Å². The number of hydrogen-bond acceptors (Lipinski definition) is 3. The van der Waals surface area contributed by atoms with Gasteiger partial charge in [-0.25, -0.2) is 0 Å². The molecule has 2 rings (SSSR count). The summed E-state index contributed by atoms with van der Waals surface area (Å²) >= 11 is 1.96. The lowest BCUT2D eigenvalue weighted by Gasteiger charge is -2.14. The minimum atomic E-state index is -0.500. The van der Waals surface area contributed by atoms with Gasteiger partial charge in [-0.3, -0.25) is 14.9 Å². The van der Waals surface area contributed by atoms with Crippen molar-refractivity contribution in [3.05, 3.63) is 73.3 Å². The largest absolute Gasteiger partial charge is 0.346 e. The number of carbonyl (C=O) groups excluding carboxylic acids is 1.